The van der Waals surface area contributed by atoms with Crippen LogP contribution in [0.5, 0.6) is 0 Å². The molecule has 0 amide bonds. The van der Waals surface area contributed by atoms with Crippen LogP contribution in [0.1, 0.15) is 0 Å². The summed E-state index contributed by atoms with van der Waals surface area (Å²) in [7, 11) is 0. The molecule has 0 aliphatic carbocycles. The molecule has 0 aromatic heterocycles. The second kappa shape index (κ2) is 5.70. The zero-order valence-corrected chi connectivity index (χ0v) is 10.2. The van der Waals surface area contributed by atoms with Crippen LogP contribution < -0.4 is 0 Å². The van der Waals surface area contributed by atoms with Crippen molar-refractivity contribution in [3.05, 3.63) is 12.2 Å². The van der Waals surface area contributed by atoms with E-state index in [4.69, 9.17) is 5.11 Å². The lowest BCUT2D eigenvalue weighted by Gasteiger charge is -2.39. The molecule has 0 aromatic rings. The summed E-state index contributed by atoms with van der Waals surface area (Å²) in [5, 5.41) is 8.02. The van der Waals surface area contributed by atoms with Crippen LogP contribution in [0, 0.1) is 0 Å². The zero-order chi connectivity index (χ0) is 19.1. The first-order chi connectivity index (χ1) is 9.81. The van der Waals surface area contributed by atoms with Gasteiger partial charge in [-0.1, -0.05) is 6.08 Å². The summed E-state index contributed by atoms with van der Waals surface area (Å²) in [6, 6.07) is 0. The number of hydrogen-bond acceptors (Lipinski definition) is 1. The summed E-state index contributed by atoms with van der Waals surface area (Å²) in [5.74, 6) is -37.1. The van der Waals surface area contributed by atoms with Crippen LogP contribution >= 0.6 is 0 Å². The second-order valence-electron chi connectivity index (χ2n) is 4.00. The van der Waals surface area contributed by atoms with Gasteiger partial charge in [-0.15, -0.1) is 0 Å². The van der Waals surface area contributed by atoms with Crippen LogP contribution in [0.3, 0.4) is 0 Å². The number of halogens is 13. The van der Waals surface area contributed by atoms with Gasteiger partial charge >= 0.3 is 35.8 Å². The molecule has 0 saturated heterocycles. The molecule has 0 fully saturated rings. The van der Waals surface area contributed by atoms with E-state index in [1.54, 1.807) is 0 Å². The Kier molecular flexibility index (Phi) is 5.40. The van der Waals surface area contributed by atoms with Crippen LogP contribution in [0.25, 0.3) is 0 Å². The highest BCUT2D eigenvalue weighted by Crippen LogP contribution is 2.60. The van der Waals surface area contributed by atoms with Crippen molar-refractivity contribution in [2.45, 2.75) is 35.8 Å². The Morgan fingerprint density at radius 2 is 0.913 bits per heavy atom. The first kappa shape index (κ1) is 21.8. The molecule has 0 aromatic carbocycles. The van der Waals surface area contributed by atoms with Gasteiger partial charge in [0.25, 0.3) is 0 Å². The number of rotatable bonds is 6. The van der Waals surface area contributed by atoms with E-state index in [9.17, 15) is 57.1 Å². The molecule has 0 aliphatic rings. The van der Waals surface area contributed by atoms with Gasteiger partial charge < -0.3 is 5.11 Å². The average molecular weight is 376 g/mol. The van der Waals surface area contributed by atoms with Crippen molar-refractivity contribution in [3.63, 3.8) is 0 Å². The van der Waals surface area contributed by atoms with Gasteiger partial charge in [0.2, 0.25) is 0 Å². The van der Waals surface area contributed by atoms with Crippen molar-refractivity contribution >= 4 is 0 Å². The maximum absolute atomic E-state index is 12.9. The van der Waals surface area contributed by atoms with Crippen LogP contribution in [0.4, 0.5) is 57.1 Å². The van der Waals surface area contributed by atoms with Gasteiger partial charge in [0.05, 0.1) is 6.61 Å². The number of aliphatic hydroxyl groups is 1. The Bertz CT molecular complexity index is 447. The molecular weight excluding hydrogens is 371 g/mol. The smallest absolute Gasteiger partial charge is 0.392 e. The molecule has 23 heavy (non-hydrogen) atoms. The van der Waals surface area contributed by atoms with Crippen LogP contribution in [-0.2, 0) is 0 Å². The Morgan fingerprint density at radius 3 is 1.22 bits per heavy atom. The molecule has 0 atom stereocenters. The zero-order valence-electron chi connectivity index (χ0n) is 10.2. The molecule has 0 heterocycles. The molecule has 14 heteroatoms. The van der Waals surface area contributed by atoms with Gasteiger partial charge in [-0.25, -0.2) is 0 Å². The lowest BCUT2D eigenvalue weighted by atomic mass is 9.94. The predicted molar refractivity (Wildman–Crippen MR) is 47.0 cm³/mol. The average Bonchev–Trinajstić information content (AvgIpc) is 2.34. The van der Waals surface area contributed by atoms with Crippen LogP contribution in [0.15, 0.2) is 12.2 Å². The highest BCUT2D eigenvalue weighted by atomic mass is 19.4. The summed E-state index contributed by atoms with van der Waals surface area (Å²) in [6.45, 7) is -1.47. The Hall–Kier alpha value is -1.21. The lowest BCUT2D eigenvalue weighted by molar-refractivity contribution is -0.436. The van der Waals surface area contributed by atoms with Crippen LogP contribution in [0.2, 0.25) is 0 Å². The summed E-state index contributed by atoms with van der Waals surface area (Å²) in [6.07, 6.45) is -8.99. The van der Waals surface area contributed by atoms with E-state index < -0.39 is 48.5 Å². The maximum Gasteiger partial charge on any atom is 0.460 e. The molecule has 0 radical (unpaired) electrons. The lowest BCUT2D eigenvalue weighted by Crippen LogP contribution is -2.69. The van der Waals surface area contributed by atoms with Gasteiger partial charge in [0.1, 0.15) is 0 Å². The minimum Gasteiger partial charge on any atom is -0.392 e. The summed E-state index contributed by atoms with van der Waals surface area (Å²) in [4.78, 5) is 0. The predicted octanol–water partition coefficient (Wildman–Crippen LogP) is 4.27. The fraction of sp³-hybridized carbons (Fsp3) is 0.778. The van der Waals surface area contributed by atoms with Crippen molar-refractivity contribution in [2.24, 2.45) is 0 Å². The van der Waals surface area contributed by atoms with Crippen molar-refractivity contribution in [2.75, 3.05) is 6.61 Å². The van der Waals surface area contributed by atoms with E-state index in [1.807, 2.05) is 0 Å². The highest BCUT2D eigenvalue weighted by Gasteiger charge is 2.90. The molecule has 0 spiro atoms. The first-order valence-corrected chi connectivity index (χ1v) is 5.05. The van der Waals surface area contributed by atoms with Crippen molar-refractivity contribution in [1.29, 1.82) is 0 Å². The van der Waals surface area contributed by atoms with E-state index >= 15 is 0 Å². The number of alkyl halides is 13. The first-order valence-electron chi connectivity index (χ1n) is 5.05. The quantitative estimate of drug-likeness (QED) is 0.542. The third-order valence-corrected chi connectivity index (χ3v) is 2.39. The molecule has 138 valence electrons. The van der Waals surface area contributed by atoms with Crippen molar-refractivity contribution in [3.8, 4) is 0 Å². The second-order valence-corrected chi connectivity index (χ2v) is 4.00. The monoisotopic (exact) mass is 376 g/mol. The van der Waals surface area contributed by atoms with E-state index in [0.29, 0.717) is 0 Å². The number of allylic oxidation sites excluding steroid dienone is 1. The fourth-order valence-corrected chi connectivity index (χ4v) is 1.09. The third-order valence-electron chi connectivity index (χ3n) is 2.39. The normalized spacial score (nSPS) is 16.3. The van der Waals surface area contributed by atoms with Crippen molar-refractivity contribution < 1.29 is 62.2 Å². The van der Waals surface area contributed by atoms with Crippen molar-refractivity contribution in [1.82, 2.24) is 0 Å². The maximum atomic E-state index is 12.9. The molecule has 1 nitrogen and oxygen atoms in total. The molecular formula is C9H5F13O. The third kappa shape index (κ3) is 3.08. The fourth-order valence-electron chi connectivity index (χ4n) is 1.09. The Balaban J connectivity index is 6.19. The Morgan fingerprint density at radius 1 is 0.565 bits per heavy atom. The minimum atomic E-state index is -7.90. The molecule has 0 saturated carbocycles. The van der Waals surface area contributed by atoms with Gasteiger partial charge in [-0.3, -0.25) is 0 Å². The van der Waals surface area contributed by atoms with Gasteiger partial charge in [0.15, 0.2) is 0 Å². The van der Waals surface area contributed by atoms with E-state index in [2.05, 4.69) is 0 Å². The summed E-state index contributed by atoms with van der Waals surface area (Å²) in [5.41, 5.74) is 0. The molecule has 0 bridgehead atoms. The van der Waals surface area contributed by atoms with Crippen LogP contribution in [-0.4, -0.2) is 47.5 Å². The van der Waals surface area contributed by atoms with E-state index in [1.165, 1.54) is 0 Å². The largest absolute Gasteiger partial charge is 0.460 e. The van der Waals surface area contributed by atoms with E-state index in [-0.39, 0.29) is 6.08 Å². The minimum absolute atomic E-state index is 0.329. The summed E-state index contributed by atoms with van der Waals surface area (Å²) >= 11 is 0. The highest BCUT2D eigenvalue weighted by molar-refractivity contribution is 5.15. The summed E-state index contributed by atoms with van der Waals surface area (Å²) < 4.78 is 162. The number of hydrogen-bond donors (Lipinski definition) is 1. The van der Waals surface area contributed by atoms with Gasteiger partial charge in [-0.05, 0) is 6.08 Å². The molecule has 0 aliphatic heterocycles. The van der Waals surface area contributed by atoms with E-state index in [0.717, 1.165) is 0 Å². The standard InChI is InChI=1S/C9H5F13O/c10-4(11,2-1-3-23)5(12,13)6(14,15)7(16,17)8(18,19)9(20,21)22/h1-2,23H,3H2. The van der Waals surface area contributed by atoms with Gasteiger partial charge in [-0.2, -0.15) is 57.1 Å². The topological polar surface area (TPSA) is 20.2 Å². The molecule has 1 N–H and O–H groups in total. The van der Waals surface area contributed by atoms with Gasteiger partial charge in [0, 0.05) is 0 Å². The Labute approximate surface area is 118 Å². The number of aliphatic hydroxyl groups excluding tert-OH is 1. The molecule has 0 unspecified atom stereocenters. The molecule has 0 rings (SSSR count). The SMILES string of the molecule is OCC=CC(F)(F)C(F)(F)C(F)(F)C(F)(F)C(F)(F)C(F)(F)F.